The standard InChI is InChI=1S/C27H34N2O5/c1-6-9-11-16-20-23(25(29-34-20)19-14-12-10-13-15-19)24-21(26(30)32-7-2)17(4)28-18(5)22(24)27(31)33-8-3/h10,12-15,24,28H,6-9,11,16H2,1-5H3. The maximum atomic E-state index is 13.2. The zero-order valence-corrected chi connectivity index (χ0v) is 20.7. The van der Waals surface area contributed by atoms with Crippen molar-refractivity contribution < 1.29 is 23.6 Å². The first-order chi connectivity index (χ1) is 16.4. The van der Waals surface area contributed by atoms with Gasteiger partial charge in [0.1, 0.15) is 11.5 Å². The Morgan fingerprint density at radius 3 is 2.06 bits per heavy atom. The molecule has 1 aliphatic rings. The Morgan fingerprint density at radius 2 is 1.53 bits per heavy atom. The van der Waals surface area contributed by atoms with Crippen LogP contribution in [0.1, 0.15) is 71.1 Å². The number of nitrogens with zero attached hydrogens (tertiary/aromatic N) is 1. The minimum Gasteiger partial charge on any atom is -0.463 e. The van der Waals surface area contributed by atoms with Gasteiger partial charge < -0.3 is 19.3 Å². The topological polar surface area (TPSA) is 90.7 Å². The van der Waals surface area contributed by atoms with Gasteiger partial charge in [0.2, 0.25) is 0 Å². The first-order valence-electron chi connectivity index (χ1n) is 12.0. The average Bonchev–Trinajstić information content (AvgIpc) is 3.23. The van der Waals surface area contributed by atoms with Gasteiger partial charge >= 0.3 is 11.9 Å². The molecule has 1 aromatic carbocycles. The molecule has 3 rings (SSSR count). The van der Waals surface area contributed by atoms with Crippen LogP contribution in [0.5, 0.6) is 0 Å². The SMILES string of the molecule is CCCCCc1onc(-c2ccccc2)c1C1C(C(=O)OCC)=C(C)NC(C)=C1C(=O)OCC. The van der Waals surface area contributed by atoms with Gasteiger partial charge in [0.25, 0.3) is 0 Å². The average molecular weight is 467 g/mol. The lowest BCUT2D eigenvalue weighted by Gasteiger charge is -2.30. The lowest BCUT2D eigenvalue weighted by Crippen LogP contribution is -2.33. The van der Waals surface area contributed by atoms with Crippen LogP contribution in [0, 0.1) is 0 Å². The number of allylic oxidation sites excluding steroid dienone is 2. The second-order valence-corrected chi connectivity index (χ2v) is 8.27. The third-order valence-corrected chi connectivity index (χ3v) is 5.90. The van der Waals surface area contributed by atoms with E-state index in [0.29, 0.717) is 46.0 Å². The Bertz CT molecular complexity index is 1040. The molecule has 0 saturated carbocycles. The van der Waals surface area contributed by atoms with Gasteiger partial charge in [0.05, 0.1) is 30.3 Å². The fourth-order valence-electron chi connectivity index (χ4n) is 4.39. The van der Waals surface area contributed by atoms with Crippen LogP contribution in [0.15, 0.2) is 57.4 Å². The fraction of sp³-hybridized carbons (Fsp3) is 0.444. The fourth-order valence-corrected chi connectivity index (χ4v) is 4.39. The quantitative estimate of drug-likeness (QED) is 0.368. The van der Waals surface area contributed by atoms with Crippen molar-refractivity contribution >= 4 is 11.9 Å². The van der Waals surface area contributed by atoms with E-state index in [9.17, 15) is 9.59 Å². The zero-order valence-electron chi connectivity index (χ0n) is 20.7. The highest BCUT2D eigenvalue weighted by Crippen LogP contribution is 2.44. The van der Waals surface area contributed by atoms with Crippen molar-refractivity contribution in [2.24, 2.45) is 0 Å². The summed E-state index contributed by atoms with van der Waals surface area (Å²) in [5.41, 5.74) is 4.18. The molecule has 34 heavy (non-hydrogen) atoms. The Morgan fingerprint density at radius 1 is 0.941 bits per heavy atom. The van der Waals surface area contributed by atoms with E-state index in [0.717, 1.165) is 24.8 Å². The lowest BCUT2D eigenvalue weighted by atomic mass is 9.78. The number of esters is 2. The molecule has 182 valence electrons. The Labute approximate surface area is 201 Å². The number of hydrogen-bond donors (Lipinski definition) is 1. The molecule has 0 aliphatic carbocycles. The molecule has 0 bridgehead atoms. The summed E-state index contributed by atoms with van der Waals surface area (Å²) >= 11 is 0. The predicted octanol–water partition coefficient (Wildman–Crippen LogP) is 5.44. The number of aryl methyl sites for hydroxylation is 1. The Balaban J connectivity index is 2.28. The minimum atomic E-state index is -0.725. The first-order valence-corrected chi connectivity index (χ1v) is 12.0. The summed E-state index contributed by atoms with van der Waals surface area (Å²) in [5.74, 6) is -1.01. The molecule has 1 aromatic heterocycles. The second-order valence-electron chi connectivity index (χ2n) is 8.27. The molecule has 0 radical (unpaired) electrons. The summed E-state index contributed by atoms with van der Waals surface area (Å²) in [4.78, 5) is 26.4. The molecular formula is C27H34N2O5. The van der Waals surface area contributed by atoms with Gasteiger partial charge in [-0.1, -0.05) is 55.3 Å². The molecule has 0 unspecified atom stereocenters. The van der Waals surface area contributed by atoms with E-state index in [-0.39, 0.29) is 13.2 Å². The lowest BCUT2D eigenvalue weighted by molar-refractivity contribution is -0.139. The maximum absolute atomic E-state index is 13.2. The molecule has 1 N–H and O–H groups in total. The zero-order chi connectivity index (χ0) is 24.7. The number of carbonyl (C=O) groups excluding carboxylic acids is 2. The number of nitrogens with one attached hydrogen (secondary N) is 1. The maximum Gasteiger partial charge on any atom is 0.336 e. The van der Waals surface area contributed by atoms with Crippen molar-refractivity contribution in [2.45, 2.75) is 66.2 Å². The third-order valence-electron chi connectivity index (χ3n) is 5.90. The normalized spacial score (nSPS) is 14.3. The monoisotopic (exact) mass is 466 g/mol. The molecule has 0 saturated heterocycles. The predicted molar refractivity (Wildman–Crippen MR) is 130 cm³/mol. The number of aromatic nitrogens is 1. The molecular weight excluding hydrogens is 432 g/mol. The molecule has 2 heterocycles. The van der Waals surface area contributed by atoms with Crippen molar-refractivity contribution in [3.05, 3.63) is 64.2 Å². The number of unbranched alkanes of at least 4 members (excludes halogenated alkanes) is 2. The van der Waals surface area contributed by atoms with Crippen molar-refractivity contribution in [3.8, 4) is 11.3 Å². The van der Waals surface area contributed by atoms with Crippen LogP contribution in [0.25, 0.3) is 11.3 Å². The van der Waals surface area contributed by atoms with E-state index in [2.05, 4.69) is 17.4 Å². The molecule has 7 heteroatoms. The number of dihydropyridines is 1. The Hall–Kier alpha value is -3.35. The molecule has 0 atom stereocenters. The summed E-state index contributed by atoms with van der Waals surface area (Å²) in [7, 11) is 0. The van der Waals surface area contributed by atoms with Gasteiger partial charge in [-0.3, -0.25) is 0 Å². The van der Waals surface area contributed by atoms with Crippen molar-refractivity contribution in [3.63, 3.8) is 0 Å². The van der Waals surface area contributed by atoms with Crippen molar-refractivity contribution in [1.82, 2.24) is 10.5 Å². The highest BCUT2D eigenvalue weighted by atomic mass is 16.5. The first kappa shape index (κ1) is 25.3. The minimum absolute atomic E-state index is 0.221. The van der Waals surface area contributed by atoms with Crippen LogP contribution < -0.4 is 5.32 Å². The van der Waals surface area contributed by atoms with Crippen molar-refractivity contribution in [2.75, 3.05) is 13.2 Å². The molecule has 0 amide bonds. The van der Waals surface area contributed by atoms with Gasteiger partial charge in [-0.15, -0.1) is 0 Å². The van der Waals surface area contributed by atoms with E-state index in [1.54, 1.807) is 13.8 Å². The van der Waals surface area contributed by atoms with Gasteiger partial charge in [-0.25, -0.2) is 9.59 Å². The van der Waals surface area contributed by atoms with E-state index in [4.69, 9.17) is 14.0 Å². The summed E-state index contributed by atoms with van der Waals surface area (Å²) in [6, 6.07) is 9.67. The van der Waals surface area contributed by atoms with Gasteiger partial charge in [-0.05, 0) is 34.1 Å². The van der Waals surface area contributed by atoms with Crippen LogP contribution in [0.4, 0.5) is 0 Å². The summed E-state index contributed by atoms with van der Waals surface area (Å²) in [6.07, 6.45) is 3.65. The molecule has 2 aromatic rings. The summed E-state index contributed by atoms with van der Waals surface area (Å²) < 4.78 is 16.7. The molecule has 0 spiro atoms. The van der Waals surface area contributed by atoms with E-state index in [1.165, 1.54) is 0 Å². The molecule has 7 nitrogen and oxygen atoms in total. The highest BCUT2D eigenvalue weighted by Gasteiger charge is 2.42. The molecule has 0 fully saturated rings. The van der Waals surface area contributed by atoms with Crippen LogP contribution in [0.3, 0.4) is 0 Å². The van der Waals surface area contributed by atoms with Crippen molar-refractivity contribution in [1.29, 1.82) is 0 Å². The highest BCUT2D eigenvalue weighted by molar-refractivity contribution is 6.00. The van der Waals surface area contributed by atoms with Crippen LogP contribution >= 0.6 is 0 Å². The van der Waals surface area contributed by atoms with E-state index >= 15 is 0 Å². The van der Waals surface area contributed by atoms with Gasteiger partial charge in [-0.2, -0.15) is 0 Å². The smallest absolute Gasteiger partial charge is 0.336 e. The number of ether oxygens (including phenoxy) is 2. The van der Waals surface area contributed by atoms with E-state index in [1.807, 2.05) is 44.2 Å². The third kappa shape index (κ3) is 5.24. The second kappa shape index (κ2) is 11.7. The largest absolute Gasteiger partial charge is 0.463 e. The Kier molecular flexibility index (Phi) is 8.68. The van der Waals surface area contributed by atoms with Crippen LogP contribution in [-0.2, 0) is 25.5 Å². The number of carbonyl (C=O) groups is 2. The van der Waals surface area contributed by atoms with E-state index < -0.39 is 17.9 Å². The molecule has 1 aliphatic heterocycles. The number of rotatable bonds is 10. The summed E-state index contributed by atoms with van der Waals surface area (Å²) in [6.45, 7) is 9.74. The van der Waals surface area contributed by atoms with Gasteiger partial charge in [0.15, 0.2) is 0 Å². The number of hydrogen-bond acceptors (Lipinski definition) is 7. The van der Waals surface area contributed by atoms with Gasteiger partial charge in [0, 0.05) is 28.9 Å². The van der Waals surface area contributed by atoms with Crippen LogP contribution in [-0.4, -0.2) is 30.3 Å². The van der Waals surface area contributed by atoms with Crippen LogP contribution in [0.2, 0.25) is 0 Å². The summed E-state index contributed by atoms with van der Waals surface area (Å²) in [5, 5.41) is 7.61. The number of benzene rings is 1.